The fourth-order valence-electron chi connectivity index (χ4n) is 4.67. The zero-order valence-electron chi connectivity index (χ0n) is 14.8. The summed E-state index contributed by atoms with van der Waals surface area (Å²) in [6, 6.07) is 0.753. The quantitative estimate of drug-likeness (QED) is 0.818. The Morgan fingerprint density at radius 3 is 2.67 bits per heavy atom. The largest absolute Gasteiger partial charge is 0.329 e. The van der Waals surface area contributed by atoms with E-state index in [2.05, 4.69) is 37.6 Å². The van der Waals surface area contributed by atoms with Crippen molar-refractivity contribution in [2.75, 3.05) is 33.2 Å². The van der Waals surface area contributed by atoms with Crippen molar-refractivity contribution >= 4 is 0 Å². The lowest BCUT2D eigenvalue weighted by Crippen LogP contribution is -2.57. The predicted molar refractivity (Wildman–Crippen MR) is 91.5 cm³/mol. The van der Waals surface area contributed by atoms with Crippen LogP contribution in [0.3, 0.4) is 0 Å². The van der Waals surface area contributed by atoms with Crippen LogP contribution in [0.25, 0.3) is 0 Å². The highest BCUT2D eigenvalue weighted by molar-refractivity contribution is 4.97. The van der Waals surface area contributed by atoms with Gasteiger partial charge in [0.15, 0.2) is 0 Å². The number of likely N-dealkylation sites (N-methyl/N-ethyl adjacent to an activating group) is 2. The zero-order chi connectivity index (χ0) is 15.5. The number of likely N-dealkylation sites (tertiary alicyclic amines) is 1. The minimum Gasteiger partial charge on any atom is -0.329 e. The predicted octanol–water partition coefficient (Wildman–Crippen LogP) is 2.95. The highest BCUT2D eigenvalue weighted by Crippen LogP contribution is 2.39. The fourth-order valence-corrected chi connectivity index (χ4v) is 4.67. The van der Waals surface area contributed by atoms with Crippen molar-refractivity contribution in [2.24, 2.45) is 17.6 Å². The highest BCUT2D eigenvalue weighted by atomic mass is 15.3. The lowest BCUT2D eigenvalue weighted by Gasteiger charge is -2.49. The van der Waals surface area contributed by atoms with E-state index in [4.69, 9.17) is 5.73 Å². The molecule has 0 bridgehead atoms. The van der Waals surface area contributed by atoms with Gasteiger partial charge in [0.1, 0.15) is 0 Å². The van der Waals surface area contributed by atoms with E-state index in [1.165, 1.54) is 58.2 Å². The van der Waals surface area contributed by atoms with E-state index in [0.29, 0.717) is 0 Å². The zero-order valence-corrected chi connectivity index (χ0v) is 14.8. The van der Waals surface area contributed by atoms with Crippen LogP contribution in [0.4, 0.5) is 0 Å². The van der Waals surface area contributed by atoms with Gasteiger partial charge in [0.05, 0.1) is 0 Å². The van der Waals surface area contributed by atoms with Gasteiger partial charge in [-0.05, 0) is 57.7 Å². The van der Waals surface area contributed by atoms with E-state index >= 15 is 0 Å². The van der Waals surface area contributed by atoms with Gasteiger partial charge in [0.2, 0.25) is 0 Å². The molecule has 3 unspecified atom stereocenters. The summed E-state index contributed by atoms with van der Waals surface area (Å²) in [6.45, 7) is 11.6. The Bertz CT molecular complexity index is 318. The first-order valence-corrected chi connectivity index (χ1v) is 9.17. The first-order valence-electron chi connectivity index (χ1n) is 9.17. The smallest absolute Gasteiger partial charge is 0.0332 e. The van der Waals surface area contributed by atoms with Crippen molar-refractivity contribution in [3.8, 4) is 0 Å². The van der Waals surface area contributed by atoms with E-state index in [0.717, 1.165) is 24.4 Å². The summed E-state index contributed by atoms with van der Waals surface area (Å²) in [7, 11) is 2.34. The van der Waals surface area contributed by atoms with E-state index in [9.17, 15) is 0 Å². The minimum absolute atomic E-state index is 0.259. The fraction of sp³-hybridized carbons (Fsp3) is 1.00. The van der Waals surface area contributed by atoms with Gasteiger partial charge in [0.25, 0.3) is 0 Å². The van der Waals surface area contributed by atoms with Gasteiger partial charge < -0.3 is 5.73 Å². The second-order valence-corrected chi connectivity index (χ2v) is 7.83. The van der Waals surface area contributed by atoms with Crippen molar-refractivity contribution in [2.45, 2.75) is 70.9 Å². The summed E-state index contributed by atoms with van der Waals surface area (Å²) in [5, 5.41) is 0. The molecule has 1 heterocycles. The maximum atomic E-state index is 6.29. The average molecular weight is 296 g/mol. The molecule has 2 fully saturated rings. The van der Waals surface area contributed by atoms with Crippen LogP contribution >= 0.6 is 0 Å². The molecule has 3 nitrogen and oxygen atoms in total. The Morgan fingerprint density at radius 2 is 2.05 bits per heavy atom. The van der Waals surface area contributed by atoms with Gasteiger partial charge in [0, 0.05) is 24.7 Å². The van der Waals surface area contributed by atoms with Crippen LogP contribution in [0, 0.1) is 11.8 Å². The second-order valence-electron chi connectivity index (χ2n) is 7.83. The lowest BCUT2D eigenvalue weighted by molar-refractivity contribution is 0.0292. The monoisotopic (exact) mass is 295 g/mol. The summed E-state index contributed by atoms with van der Waals surface area (Å²) in [5.74, 6) is 1.65. The van der Waals surface area contributed by atoms with Crippen molar-refractivity contribution in [3.05, 3.63) is 0 Å². The normalized spacial score (nSPS) is 35.0. The van der Waals surface area contributed by atoms with Crippen molar-refractivity contribution in [3.63, 3.8) is 0 Å². The van der Waals surface area contributed by atoms with Crippen LogP contribution < -0.4 is 5.73 Å². The average Bonchev–Trinajstić information content (AvgIpc) is 2.94. The topological polar surface area (TPSA) is 32.5 Å². The van der Waals surface area contributed by atoms with E-state index in [1.54, 1.807) is 0 Å². The van der Waals surface area contributed by atoms with Gasteiger partial charge in [-0.25, -0.2) is 0 Å². The maximum Gasteiger partial charge on any atom is 0.0332 e. The molecule has 1 saturated carbocycles. The van der Waals surface area contributed by atoms with Crippen LogP contribution in [-0.4, -0.2) is 54.6 Å². The lowest BCUT2D eigenvalue weighted by atomic mass is 9.71. The third-order valence-electron chi connectivity index (χ3n) is 6.38. The molecule has 0 aromatic heterocycles. The van der Waals surface area contributed by atoms with Crippen molar-refractivity contribution in [1.82, 2.24) is 9.80 Å². The molecule has 21 heavy (non-hydrogen) atoms. The molecule has 1 aliphatic carbocycles. The van der Waals surface area contributed by atoms with Crippen LogP contribution in [0.15, 0.2) is 0 Å². The number of nitrogens with zero attached hydrogens (tertiary/aromatic N) is 2. The van der Waals surface area contributed by atoms with Gasteiger partial charge in [-0.15, -0.1) is 0 Å². The first kappa shape index (κ1) is 17.2. The SMILES string of the molecule is CCN1CCCC1CN(C)C1(CN)CCCC(C(C)C)C1. The summed E-state index contributed by atoms with van der Waals surface area (Å²) < 4.78 is 0. The van der Waals surface area contributed by atoms with E-state index < -0.39 is 0 Å². The highest BCUT2D eigenvalue weighted by Gasteiger charge is 2.40. The molecule has 0 spiro atoms. The van der Waals surface area contributed by atoms with Gasteiger partial charge >= 0.3 is 0 Å². The molecule has 0 amide bonds. The molecule has 1 saturated heterocycles. The Morgan fingerprint density at radius 1 is 1.29 bits per heavy atom. The third-order valence-corrected chi connectivity index (χ3v) is 6.38. The van der Waals surface area contributed by atoms with E-state index in [-0.39, 0.29) is 5.54 Å². The molecule has 1 aliphatic heterocycles. The number of hydrogen-bond donors (Lipinski definition) is 1. The van der Waals surface area contributed by atoms with Gasteiger partial charge in [-0.1, -0.05) is 33.6 Å². The third kappa shape index (κ3) is 3.80. The second kappa shape index (κ2) is 7.43. The maximum absolute atomic E-state index is 6.29. The van der Waals surface area contributed by atoms with Crippen molar-refractivity contribution < 1.29 is 0 Å². The van der Waals surface area contributed by atoms with Crippen LogP contribution in [0.1, 0.15) is 59.3 Å². The molecule has 2 rings (SSSR count). The molecule has 0 aromatic carbocycles. The van der Waals surface area contributed by atoms with E-state index in [1.807, 2.05) is 0 Å². The summed E-state index contributed by atoms with van der Waals surface area (Å²) >= 11 is 0. The van der Waals surface area contributed by atoms with Crippen LogP contribution in [-0.2, 0) is 0 Å². The molecule has 3 atom stereocenters. The molecule has 2 N–H and O–H groups in total. The Labute approximate surface area is 132 Å². The van der Waals surface area contributed by atoms with Crippen molar-refractivity contribution in [1.29, 1.82) is 0 Å². The van der Waals surface area contributed by atoms with Gasteiger partial charge in [-0.3, -0.25) is 9.80 Å². The Balaban J connectivity index is 2.01. The number of hydrogen-bond acceptors (Lipinski definition) is 3. The molecular weight excluding hydrogens is 258 g/mol. The summed E-state index contributed by atoms with van der Waals surface area (Å²) in [4.78, 5) is 5.30. The number of nitrogens with two attached hydrogens (primary N) is 1. The number of rotatable bonds is 6. The Kier molecular flexibility index (Phi) is 6.10. The molecule has 3 heteroatoms. The summed E-state index contributed by atoms with van der Waals surface area (Å²) in [5.41, 5.74) is 6.55. The molecule has 2 aliphatic rings. The minimum atomic E-state index is 0.259. The van der Waals surface area contributed by atoms with Gasteiger partial charge in [-0.2, -0.15) is 0 Å². The molecule has 0 radical (unpaired) electrons. The molecular formula is C18H37N3. The molecule has 0 aromatic rings. The van der Waals surface area contributed by atoms with Crippen LogP contribution in [0.5, 0.6) is 0 Å². The standard InChI is InChI=1S/C18H37N3/c1-5-21-11-7-9-17(21)13-20(4)18(14-19)10-6-8-16(12-18)15(2)3/h15-17H,5-14,19H2,1-4H3. The first-order chi connectivity index (χ1) is 10.0. The Hall–Kier alpha value is -0.120. The summed E-state index contributed by atoms with van der Waals surface area (Å²) in [6.07, 6.45) is 8.09. The van der Waals surface area contributed by atoms with Crippen LogP contribution in [0.2, 0.25) is 0 Å². The molecule has 124 valence electrons.